The molecule has 0 saturated carbocycles. The number of benzene rings is 2. The molecule has 0 radical (unpaired) electrons. The van der Waals surface area contributed by atoms with Crippen LogP contribution in [0.25, 0.3) is 0 Å². The fraction of sp³-hybridized carbons (Fsp3) is 0.529. The Balaban J connectivity index is 1.49. The predicted octanol–water partition coefficient (Wildman–Crippen LogP) is 7.95. The van der Waals surface area contributed by atoms with Gasteiger partial charge >= 0.3 is 19.7 Å². The average molecular weight is 658 g/mol. The number of hydrogen-bond acceptors (Lipinski definition) is 7. The molecule has 0 fully saturated rings. The van der Waals surface area contributed by atoms with Crippen LogP contribution in [0.2, 0.25) is 25.7 Å². The Hall–Kier alpha value is -3.07. The highest BCUT2D eigenvalue weighted by Crippen LogP contribution is 2.45. The highest BCUT2D eigenvalue weighted by atomic mass is 31.2. The van der Waals surface area contributed by atoms with E-state index >= 15 is 0 Å². The summed E-state index contributed by atoms with van der Waals surface area (Å²) in [5.74, 6) is 0.495. The van der Waals surface area contributed by atoms with Crippen molar-refractivity contribution in [2.75, 3.05) is 12.8 Å². The molecule has 0 saturated heterocycles. The molecule has 0 aliphatic carbocycles. The summed E-state index contributed by atoms with van der Waals surface area (Å²) in [6.07, 6.45) is 2.55. The van der Waals surface area contributed by atoms with Gasteiger partial charge in [-0.3, -0.25) is 4.90 Å². The van der Waals surface area contributed by atoms with Crippen molar-refractivity contribution in [3.8, 4) is 11.5 Å². The van der Waals surface area contributed by atoms with Crippen LogP contribution in [-0.4, -0.2) is 48.3 Å². The van der Waals surface area contributed by atoms with E-state index in [9.17, 15) is 19.0 Å². The van der Waals surface area contributed by atoms with Crippen molar-refractivity contribution in [1.82, 2.24) is 4.90 Å². The van der Waals surface area contributed by atoms with E-state index in [0.717, 1.165) is 45.8 Å². The predicted molar refractivity (Wildman–Crippen MR) is 178 cm³/mol. The quantitative estimate of drug-likeness (QED) is 0.112. The van der Waals surface area contributed by atoms with Crippen molar-refractivity contribution in [3.63, 3.8) is 0 Å². The number of esters is 1. The Morgan fingerprint density at radius 3 is 2.49 bits per heavy atom. The van der Waals surface area contributed by atoms with Gasteiger partial charge in [0.1, 0.15) is 29.3 Å². The van der Waals surface area contributed by atoms with Gasteiger partial charge in [-0.15, -0.1) is 0 Å². The normalized spacial score (nSPS) is 16.2. The summed E-state index contributed by atoms with van der Waals surface area (Å²) >= 11 is 0. The summed E-state index contributed by atoms with van der Waals surface area (Å²) in [5, 5.41) is 0. The van der Waals surface area contributed by atoms with Crippen molar-refractivity contribution in [2.24, 2.45) is 0 Å². The number of fused-ring (bicyclic) bond motifs is 2. The molecule has 246 valence electrons. The Labute approximate surface area is 268 Å². The Morgan fingerprint density at radius 2 is 1.84 bits per heavy atom. The molecule has 1 atom stereocenters. The number of cyclic esters (lactones) is 1. The van der Waals surface area contributed by atoms with E-state index in [1.165, 1.54) is 0 Å². The lowest BCUT2D eigenvalue weighted by atomic mass is 9.89. The Morgan fingerprint density at radius 1 is 1.16 bits per heavy atom. The highest BCUT2D eigenvalue weighted by molar-refractivity contribution is 7.53. The number of carbonyl (C=O) groups is 2. The van der Waals surface area contributed by atoms with Gasteiger partial charge in [0.05, 0.1) is 12.8 Å². The molecule has 0 spiro atoms. The van der Waals surface area contributed by atoms with E-state index in [-0.39, 0.29) is 24.5 Å². The minimum atomic E-state index is -4.05. The van der Waals surface area contributed by atoms with Gasteiger partial charge in [-0.25, -0.2) is 14.2 Å². The van der Waals surface area contributed by atoms with Crippen LogP contribution in [0.3, 0.4) is 0 Å². The van der Waals surface area contributed by atoms with E-state index in [1.807, 2.05) is 39.8 Å². The third-order valence-corrected chi connectivity index (χ3v) is 11.1. The van der Waals surface area contributed by atoms with Crippen molar-refractivity contribution >= 4 is 27.7 Å². The van der Waals surface area contributed by atoms with E-state index in [0.29, 0.717) is 43.0 Å². The highest BCUT2D eigenvalue weighted by Gasteiger charge is 2.33. The van der Waals surface area contributed by atoms with Gasteiger partial charge in [-0.2, -0.15) is 0 Å². The zero-order valence-corrected chi connectivity index (χ0v) is 30.1. The summed E-state index contributed by atoms with van der Waals surface area (Å²) < 4.78 is 36.1. The van der Waals surface area contributed by atoms with Crippen LogP contribution in [-0.2, 0) is 46.6 Å². The summed E-state index contributed by atoms with van der Waals surface area (Å²) in [5.41, 5.74) is 6.36. The first-order chi connectivity index (χ1) is 20.9. The van der Waals surface area contributed by atoms with Gasteiger partial charge in [-0.05, 0) is 87.9 Å². The first-order valence-corrected chi connectivity index (χ1v) is 21.1. The van der Waals surface area contributed by atoms with Crippen molar-refractivity contribution in [3.05, 3.63) is 68.8 Å². The van der Waals surface area contributed by atoms with Crippen molar-refractivity contribution < 1.29 is 37.8 Å². The number of amides is 1. The van der Waals surface area contributed by atoms with Gasteiger partial charge in [-0.1, -0.05) is 44.3 Å². The van der Waals surface area contributed by atoms with E-state index in [4.69, 9.17) is 18.7 Å². The van der Waals surface area contributed by atoms with E-state index < -0.39 is 27.4 Å². The Kier molecular flexibility index (Phi) is 10.3. The number of carbonyl (C=O) groups excluding carboxylic acids is 2. The fourth-order valence-electron chi connectivity index (χ4n) is 5.68. The maximum absolute atomic E-state index is 13.2. The van der Waals surface area contributed by atoms with Crippen LogP contribution in [0, 0.1) is 6.92 Å². The first-order valence-electron chi connectivity index (χ1n) is 15.6. The smallest absolute Gasteiger partial charge is 0.410 e. The molecule has 2 aliphatic rings. The second-order valence-corrected chi connectivity index (χ2v) is 21.7. The molecule has 9 nitrogen and oxygen atoms in total. The van der Waals surface area contributed by atoms with Crippen LogP contribution >= 0.6 is 7.60 Å². The molecular weight excluding hydrogens is 609 g/mol. The molecule has 2 aromatic rings. The summed E-state index contributed by atoms with van der Waals surface area (Å²) in [6, 6.07) is 6.14. The lowest BCUT2D eigenvalue weighted by molar-refractivity contribution is 0.0241. The SMILES string of the molecule is CCc1c(C)c2c(c(OCC[Si](C)(C)C)c1C/C=C(\C)CP(=O)(O)Oc1ccc3c(c1)CN(C(=O)OC(C)(C)C)C3)C(=O)OC2. The number of allylic oxidation sites excluding steroid dienone is 2. The van der Waals surface area contributed by atoms with Crippen molar-refractivity contribution in [1.29, 1.82) is 0 Å². The monoisotopic (exact) mass is 657 g/mol. The summed E-state index contributed by atoms with van der Waals surface area (Å²) in [4.78, 5) is 37.8. The standard InChI is InChI=1S/C34H48NO8PSi/c1-10-27-23(3)29-20-41-32(36)30(29)31(40-15-16-45(7,8)9)28(27)14-11-22(2)21-44(38,39)43-26-13-12-24-18-35(19-25(24)17-26)33(37)42-34(4,5)6/h11-13,17H,10,14-16,18-21H2,1-9H3,(H,38,39)/b22-11+. The average Bonchev–Trinajstić information content (AvgIpc) is 3.50. The zero-order valence-electron chi connectivity index (χ0n) is 28.2. The number of ether oxygens (including phenoxy) is 3. The Bertz CT molecular complexity index is 1550. The molecule has 45 heavy (non-hydrogen) atoms. The zero-order chi connectivity index (χ0) is 33.3. The number of hydrogen-bond donors (Lipinski definition) is 1. The molecule has 0 aromatic heterocycles. The van der Waals surface area contributed by atoms with Gasteiger partial charge in [0.25, 0.3) is 0 Å². The fourth-order valence-corrected chi connectivity index (χ4v) is 7.66. The van der Waals surface area contributed by atoms with Crippen LogP contribution in [0.15, 0.2) is 29.8 Å². The maximum Gasteiger partial charge on any atom is 0.410 e. The van der Waals surface area contributed by atoms with Gasteiger partial charge in [0.2, 0.25) is 0 Å². The van der Waals surface area contributed by atoms with Crippen LogP contribution < -0.4 is 9.26 Å². The third kappa shape index (κ3) is 8.80. The molecule has 1 amide bonds. The molecule has 11 heteroatoms. The molecular formula is C34H48NO8PSi. The van der Waals surface area contributed by atoms with Crippen LogP contribution in [0.4, 0.5) is 4.79 Å². The second kappa shape index (κ2) is 13.3. The lowest BCUT2D eigenvalue weighted by Gasteiger charge is -2.24. The second-order valence-electron chi connectivity index (χ2n) is 14.3. The molecule has 1 N–H and O–H groups in total. The third-order valence-electron chi connectivity index (χ3n) is 7.98. The molecule has 0 bridgehead atoms. The van der Waals surface area contributed by atoms with E-state index in [1.54, 1.807) is 24.0 Å². The lowest BCUT2D eigenvalue weighted by Crippen LogP contribution is -2.33. The molecule has 2 aliphatic heterocycles. The summed E-state index contributed by atoms with van der Waals surface area (Å²) in [7, 11) is -5.42. The largest absolute Gasteiger partial charge is 0.493 e. The van der Waals surface area contributed by atoms with Crippen molar-refractivity contribution in [2.45, 2.75) is 105 Å². The molecule has 2 aromatic carbocycles. The first kappa shape index (κ1) is 34.8. The number of nitrogens with zero attached hydrogens (tertiary/aromatic N) is 1. The maximum atomic E-state index is 13.2. The minimum Gasteiger partial charge on any atom is -0.493 e. The van der Waals surface area contributed by atoms with Gasteiger partial charge in [0, 0.05) is 32.3 Å². The van der Waals surface area contributed by atoms with Gasteiger partial charge in [0.15, 0.2) is 0 Å². The molecule has 2 heterocycles. The topological polar surface area (TPSA) is 112 Å². The minimum absolute atomic E-state index is 0.159. The van der Waals surface area contributed by atoms with Crippen LogP contribution in [0.5, 0.6) is 11.5 Å². The number of rotatable bonds is 11. The van der Waals surface area contributed by atoms with Crippen LogP contribution in [0.1, 0.15) is 78.4 Å². The summed E-state index contributed by atoms with van der Waals surface area (Å²) in [6.45, 7) is 19.7. The molecule has 4 rings (SSSR count). The molecule has 1 unspecified atom stereocenters. The van der Waals surface area contributed by atoms with Gasteiger partial charge < -0.3 is 23.6 Å². The van der Waals surface area contributed by atoms with E-state index in [2.05, 4.69) is 26.6 Å².